The van der Waals surface area contributed by atoms with E-state index in [2.05, 4.69) is 31.1 Å². The van der Waals surface area contributed by atoms with Crippen LogP contribution < -0.4 is 10.1 Å². The van der Waals surface area contributed by atoms with E-state index in [0.717, 1.165) is 10.2 Å². The van der Waals surface area contributed by atoms with Crippen LogP contribution >= 0.6 is 27.5 Å². The van der Waals surface area contributed by atoms with E-state index in [9.17, 15) is 13.6 Å². The molecule has 0 radical (unpaired) electrons. The first-order chi connectivity index (χ1) is 10.8. The van der Waals surface area contributed by atoms with E-state index in [0.29, 0.717) is 5.69 Å². The zero-order valence-electron chi connectivity index (χ0n) is 12.2. The number of amides is 1. The molecule has 1 heterocycles. The number of halogens is 4. The predicted octanol–water partition coefficient (Wildman–Crippen LogP) is 4.41. The van der Waals surface area contributed by atoms with Crippen LogP contribution in [0.3, 0.4) is 0 Å². The summed E-state index contributed by atoms with van der Waals surface area (Å²) in [4.78, 5) is 12.3. The molecule has 0 fully saturated rings. The minimum absolute atomic E-state index is 0.0197. The van der Waals surface area contributed by atoms with Crippen LogP contribution in [0.15, 0.2) is 28.9 Å². The number of carbonyl (C=O) groups excluding carboxylic acids is 1. The Morgan fingerprint density at radius 2 is 2.17 bits per heavy atom. The van der Waals surface area contributed by atoms with Gasteiger partial charge >= 0.3 is 6.61 Å². The van der Waals surface area contributed by atoms with Crippen molar-refractivity contribution in [2.45, 2.75) is 26.5 Å². The summed E-state index contributed by atoms with van der Waals surface area (Å²) in [5, 5.41) is 6.76. The molecule has 1 aromatic heterocycles. The van der Waals surface area contributed by atoms with E-state index in [1.54, 1.807) is 17.8 Å². The van der Waals surface area contributed by atoms with E-state index >= 15 is 0 Å². The average molecular weight is 409 g/mol. The molecule has 1 amide bonds. The molecule has 5 nitrogen and oxygen atoms in total. The van der Waals surface area contributed by atoms with Gasteiger partial charge in [-0.3, -0.25) is 9.48 Å². The zero-order chi connectivity index (χ0) is 17.1. The minimum Gasteiger partial charge on any atom is -0.433 e. The van der Waals surface area contributed by atoms with Crippen LogP contribution in [-0.2, 0) is 4.79 Å². The molecule has 23 heavy (non-hydrogen) atoms. The van der Waals surface area contributed by atoms with Crippen LogP contribution in [0.1, 0.15) is 18.7 Å². The van der Waals surface area contributed by atoms with Gasteiger partial charge in [0.05, 0.1) is 21.4 Å². The second kappa shape index (κ2) is 7.27. The number of hydrogen-bond acceptors (Lipinski definition) is 3. The lowest BCUT2D eigenvalue weighted by molar-refractivity contribution is -0.119. The van der Waals surface area contributed by atoms with Gasteiger partial charge in [0.25, 0.3) is 0 Å². The molecule has 0 spiro atoms. The predicted molar refractivity (Wildman–Crippen MR) is 86.1 cm³/mol. The number of alkyl halides is 2. The lowest BCUT2D eigenvalue weighted by Gasteiger charge is -2.15. The van der Waals surface area contributed by atoms with Crippen LogP contribution in [0.5, 0.6) is 5.75 Å². The van der Waals surface area contributed by atoms with Crippen molar-refractivity contribution in [2.75, 3.05) is 5.32 Å². The summed E-state index contributed by atoms with van der Waals surface area (Å²) in [7, 11) is 0. The molecular formula is C14H13BrClF2N3O2. The lowest BCUT2D eigenvalue weighted by atomic mass is 10.2. The fourth-order valence-electron chi connectivity index (χ4n) is 1.92. The SMILES string of the molecule is Cc1c(Br)cnn1C(C)C(=O)Nc1ccc(OC(F)F)c(Cl)c1. The van der Waals surface area contributed by atoms with Crippen molar-refractivity contribution in [1.29, 1.82) is 0 Å². The van der Waals surface area contributed by atoms with Gasteiger partial charge in [0.1, 0.15) is 11.8 Å². The molecule has 1 atom stereocenters. The van der Waals surface area contributed by atoms with E-state index < -0.39 is 12.7 Å². The summed E-state index contributed by atoms with van der Waals surface area (Å²) in [6.45, 7) is 0.556. The van der Waals surface area contributed by atoms with E-state index in [4.69, 9.17) is 11.6 Å². The van der Waals surface area contributed by atoms with Crippen molar-refractivity contribution >= 4 is 39.1 Å². The molecule has 0 aliphatic carbocycles. The summed E-state index contributed by atoms with van der Waals surface area (Å²) in [6.07, 6.45) is 1.60. The number of hydrogen-bond donors (Lipinski definition) is 1. The van der Waals surface area contributed by atoms with Gasteiger partial charge in [0.15, 0.2) is 0 Å². The smallest absolute Gasteiger partial charge is 0.387 e. The first-order valence-corrected chi connectivity index (χ1v) is 7.71. The fourth-order valence-corrected chi connectivity index (χ4v) is 2.42. The van der Waals surface area contributed by atoms with Crippen LogP contribution in [0, 0.1) is 6.92 Å². The number of carbonyl (C=O) groups is 1. The monoisotopic (exact) mass is 407 g/mol. The third-order valence-electron chi connectivity index (χ3n) is 3.15. The molecule has 2 rings (SSSR count). The topological polar surface area (TPSA) is 56.2 Å². The molecule has 1 aromatic carbocycles. The molecular weight excluding hydrogens is 396 g/mol. The number of nitrogens with one attached hydrogen (secondary N) is 1. The summed E-state index contributed by atoms with van der Waals surface area (Å²) in [5.74, 6) is -0.470. The van der Waals surface area contributed by atoms with Gasteiger partial charge in [-0.2, -0.15) is 13.9 Å². The fraction of sp³-hybridized carbons (Fsp3) is 0.286. The lowest BCUT2D eigenvalue weighted by Crippen LogP contribution is -2.25. The largest absolute Gasteiger partial charge is 0.433 e. The number of benzene rings is 1. The third-order valence-corrected chi connectivity index (χ3v) is 4.22. The van der Waals surface area contributed by atoms with Gasteiger partial charge in [0, 0.05) is 5.69 Å². The third kappa shape index (κ3) is 4.20. The average Bonchev–Trinajstić information content (AvgIpc) is 2.80. The molecule has 0 saturated carbocycles. The Bertz CT molecular complexity index is 724. The number of nitrogens with zero attached hydrogens (tertiary/aromatic N) is 2. The summed E-state index contributed by atoms with van der Waals surface area (Å²) in [6, 6.07) is 3.48. The maximum Gasteiger partial charge on any atom is 0.387 e. The molecule has 1 N–H and O–H groups in total. The highest BCUT2D eigenvalue weighted by Gasteiger charge is 2.19. The molecule has 0 saturated heterocycles. The Kier molecular flexibility index (Phi) is 5.59. The summed E-state index contributed by atoms with van der Waals surface area (Å²) in [5.41, 5.74) is 1.18. The van der Waals surface area contributed by atoms with E-state index in [1.165, 1.54) is 18.2 Å². The Labute approximate surface area is 144 Å². The zero-order valence-corrected chi connectivity index (χ0v) is 14.5. The number of ether oxygens (including phenoxy) is 1. The highest BCUT2D eigenvalue weighted by atomic mass is 79.9. The maximum absolute atomic E-state index is 12.3. The maximum atomic E-state index is 12.3. The van der Waals surface area contributed by atoms with Crippen molar-refractivity contribution in [3.63, 3.8) is 0 Å². The Morgan fingerprint density at radius 1 is 1.48 bits per heavy atom. The first kappa shape index (κ1) is 17.7. The molecule has 9 heteroatoms. The molecule has 0 aliphatic rings. The van der Waals surface area contributed by atoms with Crippen LogP contribution in [0.25, 0.3) is 0 Å². The highest BCUT2D eigenvalue weighted by Crippen LogP contribution is 2.29. The van der Waals surface area contributed by atoms with E-state index in [1.807, 2.05) is 6.92 Å². The van der Waals surface area contributed by atoms with Crippen LogP contribution in [0.4, 0.5) is 14.5 Å². The van der Waals surface area contributed by atoms with Gasteiger partial charge in [-0.25, -0.2) is 0 Å². The molecule has 0 aliphatic heterocycles. The summed E-state index contributed by atoms with van der Waals surface area (Å²) < 4.78 is 31.0. The van der Waals surface area contributed by atoms with Crippen molar-refractivity contribution < 1.29 is 18.3 Å². The van der Waals surface area contributed by atoms with Gasteiger partial charge in [-0.1, -0.05) is 11.6 Å². The molecule has 124 valence electrons. The standard InChI is InChI=1S/C14H13BrClF2N3O2/c1-7-10(15)6-19-21(7)8(2)13(22)20-9-3-4-12(11(16)5-9)23-14(17)18/h3-6,8,14H,1-2H3,(H,20,22). The second-order valence-electron chi connectivity index (χ2n) is 4.71. The Balaban J connectivity index is 2.11. The van der Waals surface area contributed by atoms with Gasteiger partial charge in [-0.15, -0.1) is 0 Å². The number of rotatable bonds is 5. The highest BCUT2D eigenvalue weighted by molar-refractivity contribution is 9.10. The van der Waals surface area contributed by atoms with Crippen LogP contribution in [-0.4, -0.2) is 22.3 Å². The summed E-state index contributed by atoms with van der Waals surface area (Å²) >= 11 is 9.18. The number of aromatic nitrogens is 2. The quantitative estimate of drug-likeness (QED) is 0.797. The van der Waals surface area contributed by atoms with Crippen LogP contribution in [0.2, 0.25) is 5.02 Å². The molecule has 1 unspecified atom stereocenters. The van der Waals surface area contributed by atoms with Crippen molar-refractivity contribution in [3.05, 3.63) is 39.6 Å². The Morgan fingerprint density at radius 3 is 2.70 bits per heavy atom. The molecule has 0 bridgehead atoms. The van der Waals surface area contributed by atoms with Crippen molar-refractivity contribution in [1.82, 2.24) is 9.78 Å². The molecule has 2 aromatic rings. The van der Waals surface area contributed by atoms with Gasteiger partial charge in [-0.05, 0) is 48.0 Å². The van der Waals surface area contributed by atoms with E-state index in [-0.39, 0.29) is 16.7 Å². The second-order valence-corrected chi connectivity index (χ2v) is 5.97. The van der Waals surface area contributed by atoms with Gasteiger partial charge < -0.3 is 10.1 Å². The van der Waals surface area contributed by atoms with Crippen molar-refractivity contribution in [3.8, 4) is 5.75 Å². The first-order valence-electron chi connectivity index (χ1n) is 6.54. The normalized spacial score (nSPS) is 12.3. The van der Waals surface area contributed by atoms with Crippen molar-refractivity contribution in [2.24, 2.45) is 0 Å². The number of anilines is 1. The minimum atomic E-state index is -2.96. The Hall–Kier alpha value is -1.67. The van der Waals surface area contributed by atoms with Gasteiger partial charge in [0.2, 0.25) is 5.91 Å².